The zero-order valence-electron chi connectivity index (χ0n) is 8.89. The van der Waals surface area contributed by atoms with Crippen LogP contribution in [0.4, 0.5) is 0 Å². The van der Waals surface area contributed by atoms with Gasteiger partial charge in [0, 0.05) is 26.2 Å². The van der Waals surface area contributed by atoms with E-state index in [-0.39, 0.29) is 0 Å². The fourth-order valence-corrected chi connectivity index (χ4v) is 3.21. The Morgan fingerprint density at radius 2 is 1.80 bits per heavy atom. The molecule has 0 aromatic carbocycles. The van der Waals surface area contributed by atoms with E-state index in [4.69, 9.17) is 4.74 Å². The molecule has 6 heteroatoms. The lowest BCUT2D eigenvalue weighted by molar-refractivity contribution is -0.0377. The molecule has 5 nitrogen and oxygen atoms in total. The van der Waals surface area contributed by atoms with Crippen LogP contribution in [0, 0.1) is 0 Å². The first-order valence-electron chi connectivity index (χ1n) is 5.39. The number of ether oxygens (including phenoxy) is 1. The van der Waals surface area contributed by atoms with Crippen molar-refractivity contribution in [2.24, 2.45) is 0 Å². The van der Waals surface area contributed by atoms with Gasteiger partial charge in [0.2, 0.25) is 0 Å². The molecular weight excluding hydrogens is 216 g/mol. The maximum atomic E-state index is 11.2. The smallest absolute Gasteiger partial charge is 0.152 e. The summed E-state index contributed by atoms with van der Waals surface area (Å²) in [6.07, 6.45) is 1.08. The van der Waals surface area contributed by atoms with Gasteiger partial charge >= 0.3 is 0 Å². The van der Waals surface area contributed by atoms with Gasteiger partial charge in [-0.3, -0.25) is 9.80 Å². The standard InChI is InChI=1S/C9H18N2O3S/c12-15(13)6-3-10(4-7-15)8-11-2-1-5-14-9-11/h1-9H2. The molecule has 2 saturated heterocycles. The largest absolute Gasteiger partial charge is 0.366 e. The Bertz CT molecular complexity index is 284. The third kappa shape index (κ3) is 3.41. The number of hydrogen-bond donors (Lipinski definition) is 0. The number of rotatable bonds is 2. The third-order valence-corrected chi connectivity index (χ3v) is 4.48. The summed E-state index contributed by atoms with van der Waals surface area (Å²) in [5, 5.41) is 0. The molecule has 2 aliphatic rings. The predicted molar refractivity (Wildman–Crippen MR) is 57.2 cm³/mol. The van der Waals surface area contributed by atoms with Crippen molar-refractivity contribution in [2.45, 2.75) is 6.42 Å². The first-order valence-corrected chi connectivity index (χ1v) is 7.21. The minimum atomic E-state index is -2.75. The number of nitrogens with zero attached hydrogens (tertiary/aromatic N) is 2. The molecule has 0 unspecified atom stereocenters. The molecule has 0 amide bonds. The molecule has 0 bridgehead atoms. The Kier molecular flexibility index (Phi) is 3.60. The predicted octanol–water partition coefficient (Wildman–Crippen LogP) is -0.646. The van der Waals surface area contributed by atoms with Gasteiger partial charge in [0.1, 0.15) is 0 Å². The van der Waals surface area contributed by atoms with Crippen LogP contribution in [0.2, 0.25) is 0 Å². The maximum absolute atomic E-state index is 11.2. The molecule has 15 heavy (non-hydrogen) atoms. The van der Waals surface area contributed by atoms with E-state index >= 15 is 0 Å². The van der Waals surface area contributed by atoms with Crippen LogP contribution < -0.4 is 0 Å². The SMILES string of the molecule is O=S1(=O)CCN(CN2CCCOC2)CC1. The van der Waals surface area contributed by atoms with Crippen molar-refractivity contribution in [3.8, 4) is 0 Å². The van der Waals surface area contributed by atoms with Crippen LogP contribution in [0.1, 0.15) is 6.42 Å². The Morgan fingerprint density at radius 3 is 2.40 bits per heavy atom. The summed E-state index contributed by atoms with van der Waals surface area (Å²) in [4.78, 5) is 4.41. The van der Waals surface area contributed by atoms with Gasteiger partial charge in [-0.2, -0.15) is 0 Å². The summed E-state index contributed by atoms with van der Waals surface area (Å²) < 4.78 is 27.8. The lowest BCUT2D eigenvalue weighted by atomic mass is 10.4. The van der Waals surface area contributed by atoms with Gasteiger partial charge in [-0.25, -0.2) is 8.42 Å². The highest BCUT2D eigenvalue weighted by Gasteiger charge is 2.23. The Balaban J connectivity index is 1.76. The lowest BCUT2D eigenvalue weighted by Gasteiger charge is -2.34. The molecule has 2 rings (SSSR count). The van der Waals surface area contributed by atoms with Gasteiger partial charge in [-0.15, -0.1) is 0 Å². The average molecular weight is 234 g/mol. The van der Waals surface area contributed by atoms with E-state index in [0.717, 1.165) is 26.2 Å². The van der Waals surface area contributed by atoms with Gasteiger partial charge < -0.3 is 4.74 Å². The molecule has 88 valence electrons. The Hall–Kier alpha value is -0.170. The van der Waals surface area contributed by atoms with E-state index in [1.807, 2.05) is 0 Å². The van der Waals surface area contributed by atoms with E-state index in [9.17, 15) is 8.42 Å². The number of hydrogen-bond acceptors (Lipinski definition) is 5. The molecule has 0 aromatic rings. The summed E-state index contributed by atoms with van der Waals surface area (Å²) in [7, 11) is -2.75. The van der Waals surface area contributed by atoms with Crippen LogP contribution in [-0.4, -0.2) is 69.4 Å². The summed E-state index contributed by atoms with van der Waals surface area (Å²) >= 11 is 0. The van der Waals surface area contributed by atoms with Crippen LogP contribution in [-0.2, 0) is 14.6 Å². The maximum Gasteiger partial charge on any atom is 0.152 e. The number of sulfone groups is 1. The molecule has 0 spiro atoms. The van der Waals surface area contributed by atoms with Gasteiger partial charge in [0.15, 0.2) is 9.84 Å². The van der Waals surface area contributed by atoms with Crippen LogP contribution >= 0.6 is 0 Å². The van der Waals surface area contributed by atoms with E-state index in [1.165, 1.54) is 0 Å². The molecular formula is C9H18N2O3S. The normalized spacial score (nSPS) is 29.1. The Morgan fingerprint density at radius 1 is 1.07 bits per heavy atom. The van der Waals surface area contributed by atoms with Crippen molar-refractivity contribution < 1.29 is 13.2 Å². The van der Waals surface area contributed by atoms with Crippen LogP contribution in [0.3, 0.4) is 0 Å². The lowest BCUT2D eigenvalue weighted by Crippen LogP contribution is -2.48. The van der Waals surface area contributed by atoms with Gasteiger partial charge in [-0.05, 0) is 6.42 Å². The van der Waals surface area contributed by atoms with Crippen molar-refractivity contribution in [2.75, 3.05) is 51.1 Å². The highest BCUT2D eigenvalue weighted by atomic mass is 32.2. The minimum Gasteiger partial charge on any atom is -0.366 e. The van der Waals surface area contributed by atoms with Gasteiger partial charge in [0.25, 0.3) is 0 Å². The molecule has 0 saturated carbocycles. The van der Waals surface area contributed by atoms with Crippen LogP contribution in [0.15, 0.2) is 0 Å². The van der Waals surface area contributed by atoms with E-state index in [0.29, 0.717) is 31.3 Å². The van der Waals surface area contributed by atoms with E-state index in [2.05, 4.69) is 9.80 Å². The highest BCUT2D eigenvalue weighted by Crippen LogP contribution is 2.07. The minimum absolute atomic E-state index is 0.307. The second-order valence-electron chi connectivity index (χ2n) is 4.20. The second-order valence-corrected chi connectivity index (χ2v) is 6.50. The molecule has 0 atom stereocenters. The van der Waals surface area contributed by atoms with Crippen molar-refractivity contribution in [3.63, 3.8) is 0 Å². The summed E-state index contributed by atoms with van der Waals surface area (Å²) in [5.41, 5.74) is 0. The molecule has 2 aliphatic heterocycles. The van der Waals surface area contributed by atoms with Crippen LogP contribution in [0.25, 0.3) is 0 Å². The van der Waals surface area contributed by atoms with E-state index < -0.39 is 9.84 Å². The quantitative estimate of drug-likeness (QED) is 0.636. The van der Waals surface area contributed by atoms with Gasteiger partial charge in [-0.1, -0.05) is 0 Å². The summed E-state index contributed by atoms with van der Waals surface area (Å²) in [6.45, 7) is 4.77. The first kappa shape index (κ1) is 11.3. The zero-order valence-corrected chi connectivity index (χ0v) is 9.71. The monoisotopic (exact) mass is 234 g/mol. The molecule has 2 heterocycles. The van der Waals surface area contributed by atoms with Crippen molar-refractivity contribution in [1.82, 2.24) is 9.80 Å². The molecule has 0 N–H and O–H groups in total. The Labute approximate surface area is 90.9 Å². The van der Waals surface area contributed by atoms with E-state index in [1.54, 1.807) is 0 Å². The van der Waals surface area contributed by atoms with Crippen molar-refractivity contribution >= 4 is 9.84 Å². The van der Waals surface area contributed by atoms with Crippen molar-refractivity contribution in [3.05, 3.63) is 0 Å². The zero-order chi connectivity index (χ0) is 10.7. The van der Waals surface area contributed by atoms with Crippen LogP contribution in [0.5, 0.6) is 0 Å². The highest BCUT2D eigenvalue weighted by molar-refractivity contribution is 7.91. The fraction of sp³-hybridized carbons (Fsp3) is 1.00. The molecule has 2 fully saturated rings. The third-order valence-electron chi connectivity index (χ3n) is 2.87. The second kappa shape index (κ2) is 4.78. The fourth-order valence-electron chi connectivity index (χ4n) is 1.93. The topological polar surface area (TPSA) is 49.9 Å². The summed E-state index contributed by atoms with van der Waals surface area (Å²) in [6, 6.07) is 0. The van der Waals surface area contributed by atoms with Crippen molar-refractivity contribution in [1.29, 1.82) is 0 Å². The summed E-state index contributed by atoms with van der Waals surface area (Å²) in [5.74, 6) is 0.614. The van der Waals surface area contributed by atoms with Gasteiger partial charge in [0.05, 0.1) is 24.9 Å². The average Bonchev–Trinajstić information content (AvgIpc) is 2.23. The molecule has 0 aliphatic carbocycles. The molecule has 0 aromatic heterocycles. The first-order chi connectivity index (χ1) is 7.16. The molecule has 0 radical (unpaired) electrons.